The van der Waals surface area contributed by atoms with Gasteiger partial charge in [-0.25, -0.2) is 4.68 Å². The molecule has 5 heteroatoms. The van der Waals surface area contributed by atoms with Gasteiger partial charge in [-0.3, -0.25) is 0 Å². The molecule has 0 amide bonds. The molecule has 2 rings (SSSR count). The van der Waals surface area contributed by atoms with E-state index >= 15 is 0 Å². The van der Waals surface area contributed by atoms with Crippen LogP contribution in [-0.4, -0.2) is 15.8 Å². The van der Waals surface area contributed by atoms with Crippen LogP contribution in [0.1, 0.15) is 30.9 Å². The van der Waals surface area contributed by atoms with Gasteiger partial charge in [-0.15, -0.1) is 0 Å². The molecule has 0 radical (unpaired) electrons. The van der Waals surface area contributed by atoms with Crippen molar-refractivity contribution in [3.63, 3.8) is 0 Å². The smallest absolute Gasteiger partial charge is 0.212 e. The number of aromatic nitrogens is 2. The number of hydrogen-bond acceptors (Lipinski definition) is 4. The molecule has 0 bridgehead atoms. The number of rotatable bonds is 6. The second-order valence-electron chi connectivity index (χ2n) is 4.94. The SMILES string of the molecule is Cc1cc(OCc2occc2CNC(C)C)n(C)n1. The van der Waals surface area contributed by atoms with Gasteiger partial charge in [-0.05, 0) is 13.0 Å². The van der Waals surface area contributed by atoms with Crippen molar-refractivity contribution in [1.29, 1.82) is 0 Å². The van der Waals surface area contributed by atoms with Gasteiger partial charge in [-0.2, -0.15) is 5.10 Å². The van der Waals surface area contributed by atoms with Crippen LogP contribution in [0.3, 0.4) is 0 Å². The molecule has 0 aromatic carbocycles. The summed E-state index contributed by atoms with van der Waals surface area (Å²) in [6, 6.07) is 4.33. The predicted octanol–water partition coefficient (Wildman–Crippen LogP) is 2.40. The van der Waals surface area contributed by atoms with Crippen LogP contribution in [0.5, 0.6) is 5.88 Å². The van der Waals surface area contributed by atoms with E-state index in [9.17, 15) is 0 Å². The van der Waals surface area contributed by atoms with Crippen LogP contribution in [0.15, 0.2) is 22.8 Å². The maximum Gasteiger partial charge on any atom is 0.212 e. The molecule has 0 saturated heterocycles. The summed E-state index contributed by atoms with van der Waals surface area (Å²) in [5.41, 5.74) is 2.08. The van der Waals surface area contributed by atoms with Crippen LogP contribution < -0.4 is 10.1 Å². The zero-order valence-corrected chi connectivity index (χ0v) is 11.9. The first kappa shape index (κ1) is 13.7. The van der Waals surface area contributed by atoms with E-state index in [2.05, 4.69) is 24.3 Å². The number of ether oxygens (including phenoxy) is 1. The molecule has 0 saturated carbocycles. The van der Waals surface area contributed by atoms with Gasteiger partial charge in [0.1, 0.15) is 12.4 Å². The van der Waals surface area contributed by atoms with Gasteiger partial charge in [0.2, 0.25) is 5.88 Å². The molecule has 0 aliphatic rings. The standard InChI is InChI=1S/C14H21N3O2/c1-10(2)15-8-12-5-6-18-13(12)9-19-14-7-11(3)16-17(14)4/h5-7,10,15H,8-9H2,1-4H3. The van der Waals surface area contributed by atoms with Crippen LogP contribution in [0.4, 0.5) is 0 Å². The van der Waals surface area contributed by atoms with Crippen molar-refractivity contribution in [2.45, 2.75) is 40.0 Å². The van der Waals surface area contributed by atoms with Crippen LogP contribution in [0.2, 0.25) is 0 Å². The van der Waals surface area contributed by atoms with Gasteiger partial charge in [0.15, 0.2) is 0 Å². The fourth-order valence-electron chi connectivity index (χ4n) is 1.83. The molecule has 0 atom stereocenters. The van der Waals surface area contributed by atoms with Crippen molar-refractivity contribution in [3.8, 4) is 5.88 Å². The molecular weight excluding hydrogens is 242 g/mol. The third-order valence-corrected chi connectivity index (χ3v) is 2.85. The van der Waals surface area contributed by atoms with Crippen molar-refractivity contribution in [3.05, 3.63) is 35.4 Å². The second kappa shape index (κ2) is 5.93. The Morgan fingerprint density at radius 2 is 2.26 bits per heavy atom. The molecule has 2 heterocycles. The van der Waals surface area contributed by atoms with E-state index < -0.39 is 0 Å². The lowest BCUT2D eigenvalue weighted by Gasteiger charge is -2.09. The predicted molar refractivity (Wildman–Crippen MR) is 73.0 cm³/mol. The second-order valence-corrected chi connectivity index (χ2v) is 4.94. The highest BCUT2D eigenvalue weighted by Crippen LogP contribution is 2.16. The molecule has 1 N–H and O–H groups in total. The zero-order chi connectivity index (χ0) is 13.8. The summed E-state index contributed by atoms with van der Waals surface area (Å²) in [4.78, 5) is 0. The molecule has 0 unspecified atom stereocenters. The first-order chi connectivity index (χ1) is 9.06. The van der Waals surface area contributed by atoms with Crippen LogP contribution in [-0.2, 0) is 20.2 Å². The molecule has 0 aliphatic carbocycles. The Kier molecular flexibility index (Phi) is 4.27. The largest absolute Gasteiger partial charge is 0.470 e. The number of furan rings is 1. The summed E-state index contributed by atoms with van der Waals surface area (Å²) in [7, 11) is 1.87. The highest BCUT2D eigenvalue weighted by molar-refractivity contribution is 5.18. The molecule has 0 aliphatic heterocycles. The Bertz CT molecular complexity index is 529. The Balaban J connectivity index is 1.96. The fraction of sp³-hybridized carbons (Fsp3) is 0.500. The lowest BCUT2D eigenvalue weighted by Crippen LogP contribution is -2.22. The minimum atomic E-state index is 0.418. The van der Waals surface area contributed by atoms with Gasteiger partial charge >= 0.3 is 0 Å². The van der Waals surface area contributed by atoms with Crippen LogP contribution >= 0.6 is 0 Å². The average molecular weight is 263 g/mol. The van der Waals surface area contributed by atoms with E-state index in [1.807, 2.05) is 26.1 Å². The maximum atomic E-state index is 5.73. The van der Waals surface area contributed by atoms with Crippen LogP contribution in [0, 0.1) is 6.92 Å². The summed E-state index contributed by atoms with van der Waals surface area (Å²) in [5, 5.41) is 7.61. The van der Waals surface area contributed by atoms with Crippen molar-refractivity contribution in [2.75, 3.05) is 0 Å². The molecule has 2 aromatic heterocycles. The molecule has 104 valence electrons. The van der Waals surface area contributed by atoms with Crippen molar-refractivity contribution >= 4 is 0 Å². The maximum absolute atomic E-state index is 5.73. The summed E-state index contributed by atoms with van der Waals surface area (Å²) in [6.07, 6.45) is 1.70. The molecule has 2 aromatic rings. The first-order valence-electron chi connectivity index (χ1n) is 6.48. The van der Waals surface area contributed by atoms with E-state index in [0.29, 0.717) is 12.6 Å². The first-order valence-corrected chi connectivity index (χ1v) is 6.48. The highest BCUT2D eigenvalue weighted by Gasteiger charge is 2.09. The molecule has 0 spiro atoms. The number of nitrogens with zero attached hydrogens (tertiary/aromatic N) is 2. The van der Waals surface area contributed by atoms with Gasteiger partial charge in [0.05, 0.1) is 12.0 Å². The molecule has 5 nitrogen and oxygen atoms in total. The fourth-order valence-corrected chi connectivity index (χ4v) is 1.83. The number of aryl methyl sites for hydroxylation is 2. The quantitative estimate of drug-likeness (QED) is 0.869. The normalized spacial score (nSPS) is 11.2. The van der Waals surface area contributed by atoms with E-state index in [0.717, 1.165) is 29.4 Å². The van der Waals surface area contributed by atoms with Gasteiger partial charge in [-0.1, -0.05) is 13.8 Å². The third kappa shape index (κ3) is 3.61. The van der Waals surface area contributed by atoms with Gasteiger partial charge in [0, 0.05) is 31.3 Å². The lowest BCUT2D eigenvalue weighted by atomic mass is 10.2. The van der Waals surface area contributed by atoms with E-state index in [1.165, 1.54) is 0 Å². The number of nitrogens with one attached hydrogen (secondary N) is 1. The van der Waals surface area contributed by atoms with Gasteiger partial charge < -0.3 is 14.5 Å². The van der Waals surface area contributed by atoms with Crippen molar-refractivity contribution < 1.29 is 9.15 Å². The van der Waals surface area contributed by atoms with Crippen LogP contribution in [0.25, 0.3) is 0 Å². The Labute approximate surface area is 113 Å². The Hall–Kier alpha value is -1.75. The average Bonchev–Trinajstić information content (AvgIpc) is 2.90. The van der Waals surface area contributed by atoms with E-state index in [1.54, 1.807) is 10.9 Å². The molecule has 19 heavy (non-hydrogen) atoms. The summed E-state index contributed by atoms with van der Waals surface area (Å²) in [6.45, 7) is 7.39. The third-order valence-electron chi connectivity index (χ3n) is 2.85. The highest BCUT2D eigenvalue weighted by atomic mass is 16.5. The topological polar surface area (TPSA) is 52.2 Å². The van der Waals surface area contributed by atoms with Crippen molar-refractivity contribution in [1.82, 2.24) is 15.1 Å². The molecular formula is C14H21N3O2. The Morgan fingerprint density at radius 3 is 2.89 bits per heavy atom. The number of hydrogen-bond donors (Lipinski definition) is 1. The van der Waals surface area contributed by atoms with E-state index in [4.69, 9.17) is 9.15 Å². The Morgan fingerprint density at radius 1 is 1.47 bits per heavy atom. The lowest BCUT2D eigenvalue weighted by molar-refractivity contribution is 0.247. The summed E-state index contributed by atoms with van der Waals surface area (Å²) in [5.74, 6) is 1.60. The monoisotopic (exact) mass is 263 g/mol. The zero-order valence-electron chi connectivity index (χ0n) is 11.9. The van der Waals surface area contributed by atoms with Crippen molar-refractivity contribution in [2.24, 2.45) is 7.05 Å². The van der Waals surface area contributed by atoms with E-state index in [-0.39, 0.29) is 0 Å². The van der Waals surface area contributed by atoms with Gasteiger partial charge in [0.25, 0.3) is 0 Å². The minimum absolute atomic E-state index is 0.418. The summed E-state index contributed by atoms with van der Waals surface area (Å²) >= 11 is 0. The summed E-state index contributed by atoms with van der Waals surface area (Å²) < 4.78 is 12.9. The minimum Gasteiger partial charge on any atom is -0.470 e. The molecule has 0 fully saturated rings.